The van der Waals surface area contributed by atoms with Gasteiger partial charge in [-0.3, -0.25) is 19.2 Å². The van der Waals surface area contributed by atoms with Crippen LogP contribution >= 0.6 is 0 Å². The van der Waals surface area contributed by atoms with E-state index in [-0.39, 0.29) is 37.6 Å². The summed E-state index contributed by atoms with van der Waals surface area (Å²) in [5, 5.41) is 0. The highest BCUT2D eigenvalue weighted by atomic mass is 16.5. The van der Waals surface area contributed by atoms with E-state index in [1.807, 2.05) is 13.8 Å². The number of Topliss-reactive ketones (excluding diaryl/α,β-unsaturated/α-hetero) is 2. The van der Waals surface area contributed by atoms with E-state index >= 15 is 0 Å². The third-order valence-corrected chi connectivity index (χ3v) is 3.18. The zero-order chi connectivity index (χ0) is 18.5. The highest BCUT2D eigenvalue weighted by molar-refractivity contribution is 5.98. The number of ether oxygens (including phenoxy) is 2. The molecule has 0 fully saturated rings. The van der Waals surface area contributed by atoms with Gasteiger partial charge in [0.1, 0.15) is 23.4 Å². The molecule has 0 saturated carbocycles. The minimum atomic E-state index is -0.938. The van der Waals surface area contributed by atoms with Crippen molar-refractivity contribution in [3.63, 3.8) is 0 Å². The van der Waals surface area contributed by atoms with Crippen molar-refractivity contribution in [2.75, 3.05) is 13.2 Å². The van der Waals surface area contributed by atoms with Crippen LogP contribution in [0.4, 0.5) is 0 Å². The van der Waals surface area contributed by atoms with E-state index in [1.54, 1.807) is 0 Å². The molecule has 2 unspecified atom stereocenters. The molecule has 0 spiro atoms. The number of hydrogen-bond donors (Lipinski definition) is 0. The molecule has 0 saturated heterocycles. The Kier molecular flexibility index (Phi) is 11.2. The second kappa shape index (κ2) is 12.3. The van der Waals surface area contributed by atoms with Gasteiger partial charge in [-0.1, -0.05) is 13.8 Å². The van der Waals surface area contributed by atoms with Crippen LogP contribution in [0.1, 0.15) is 53.4 Å². The maximum atomic E-state index is 11.8. The number of esters is 2. The van der Waals surface area contributed by atoms with Crippen LogP contribution in [0.5, 0.6) is 0 Å². The molecule has 0 aliphatic carbocycles. The molecule has 2 atom stereocenters. The smallest absolute Gasteiger partial charge is 0.317 e. The van der Waals surface area contributed by atoms with Gasteiger partial charge in [0.25, 0.3) is 0 Å². The Morgan fingerprint density at radius 1 is 0.750 bits per heavy atom. The number of carbonyl (C=O) groups is 4. The zero-order valence-corrected chi connectivity index (χ0v) is 14.8. The Morgan fingerprint density at radius 3 is 1.33 bits per heavy atom. The van der Waals surface area contributed by atoms with Gasteiger partial charge in [-0.15, -0.1) is 11.8 Å². The fourth-order valence-corrected chi connectivity index (χ4v) is 1.74. The molecule has 0 aliphatic rings. The number of carbonyl (C=O) groups excluding carboxylic acids is 4. The Bertz CT molecular complexity index is 467. The van der Waals surface area contributed by atoms with Crippen LogP contribution in [0.2, 0.25) is 0 Å². The molecule has 0 aromatic heterocycles. The van der Waals surface area contributed by atoms with Crippen molar-refractivity contribution in [2.24, 2.45) is 11.8 Å². The van der Waals surface area contributed by atoms with E-state index < -0.39 is 23.8 Å². The topological polar surface area (TPSA) is 86.7 Å². The Labute approximate surface area is 143 Å². The van der Waals surface area contributed by atoms with Gasteiger partial charge in [-0.25, -0.2) is 0 Å². The van der Waals surface area contributed by atoms with Gasteiger partial charge < -0.3 is 9.47 Å². The Morgan fingerprint density at radius 2 is 1.08 bits per heavy atom. The van der Waals surface area contributed by atoms with Crippen LogP contribution in [0.25, 0.3) is 0 Å². The van der Waals surface area contributed by atoms with E-state index in [0.29, 0.717) is 12.8 Å². The van der Waals surface area contributed by atoms with Crippen molar-refractivity contribution in [3.05, 3.63) is 0 Å². The van der Waals surface area contributed by atoms with E-state index in [9.17, 15) is 19.2 Å². The number of hydrogen-bond acceptors (Lipinski definition) is 6. The van der Waals surface area contributed by atoms with Crippen LogP contribution < -0.4 is 0 Å². The third-order valence-electron chi connectivity index (χ3n) is 3.18. The summed E-state index contributed by atoms with van der Waals surface area (Å²) in [5.74, 6) is 1.67. The second-order valence-electron chi connectivity index (χ2n) is 5.42. The fourth-order valence-electron chi connectivity index (χ4n) is 1.74. The van der Waals surface area contributed by atoms with Gasteiger partial charge in [-0.2, -0.15) is 0 Å². The van der Waals surface area contributed by atoms with Crippen molar-refractivity contribution >= 4 is 23.5 Å². The lowest BCUT2D eigenvalue weighted by atomic mass is 9.99. The van der Waals surface area contributed by atoms with Crippen molar-refractivity contribution in [1.82, 2.24) is 0 Å². The summed E-state index contributed by atoms with van der Waals surface area (Å²) < 4.78 is 9.92. The first-order valence-corrected chi connectivity index (χ1v) is 8.14. The largest absolute Gasteiger partial charge is 0.465 e. The van der Waals surface area contributed by atoms with Gasteiger partial charge in [0, 0.05) is 12.8 Å². The molecule has 0 amide bonds. The molecule has 6 nitrogen and oxygen atoms in total. The van der Waals surface area contributed by atoms with E-state index in [4.69, 9.17) is 9.47 Å². The van der Waals surface area contributed by atoms with Crippen LogP contribution in [0.3, 0.4) is 0 Å². The average molecular weight is 338 g/mol. The molecule has 0 heterocycles. The van der Waals surface area contributed by atoms with Crippen molar-refractivity contribution in [2.45, 2.75) is 53.4 Å². The van der Waals surface area contributed by atoms with Crippen LogP contribution in [-0.2, 0) is 28.7 Å². The first-order chi connectivity index (χ1) is 11.3. The molecule has 0 rings (SSSR count). The van der Waals surface area contributed by atoms with Gasteiger partial charge in [0.15, 0.2) is 0 Å². The van der Waals surface area contributed by atoms with Gasteiger partial charge in [0.2, 0.25) is 0 Å². The molecule has 0 aromatic rings. The minimum absolute atomic E-state index is 0.00646. The lowest BCUT2D eigenvalue weighted by Crippen LogP contribution is -2.25. The van der Waals surface area contributed by atoms with E-state index in [1.165, 1.54) is 13.8 Å². The predicted molar refractivity (Wildman–Crippen MR) is 87.9 cm³/mol. The second-order valence-corrected chi connectivity index (χ2v) is 5.42. The highest BCUT2D eigenvalue weighted by Crippen LogP contribution is 2.10. The standard InChI is InChI=1S/C18H26O6/c1-5-11-23-17(21)15(13(3)19)9-7-8-10-16(14(4)20)18(22)24-12-6-2/h15-16H,5-6,9-12H2,1-4H3. The molecule has 134 valence electrons. The summed E-state index contributed by atoms with van der Waals surface area (Å²) >= 11 is 0. The molecule has 0 radical (unpaired) electrons. The predicted octanol–water partition coefficient (Wildman–Crippen LogP) is 2.09. The summed E-state index contributed by atoms with van der Waals surface area (Å²) in [6, 6.07) is 0. The number of ketones is 2. The summed E-state index contributed by atoms with van der Waals surface area (Å²) in [6.07, 6.45) is 1.35. The first kappa shape index (κ1) is 21.8. The Hall–Kier alpha value is -2.16. The number of rotatable bonds is 10. The van der Waals surface area contributed by atoms with Crippen molar-refractivity contribution < 1.29 is 28.7 Å². The SMILES string of the molecule is CCCOC(=O)C(CC#CCC(C(C)=O)C(=O)OCCC)C(C)=O. The summed E-state index contributed by atoms with van der Waals surface area (Å²) in [6.45, 7) is 6.84. The maximum Gasteiger partial charge on any atom is 0.317 e. The lowest BCUT2D eigenvalue weighted by Gasteiger charge is -2.10. The molecule has 0 N–H and O–H groups in total. The fraction of sp³-hybridized carbons (Fsp3) is 0.667. The van der Waals surface area contributed by atoms with Gasteiger partial charge in [-0.05, 0) is 26.7 Å². The average Bonchev–Trinajstić information content (AvgIpc) is 2.52. The van der Waals surface area contributed by atoms with Crippen LogP contribution in [0, 0.1) is 23.7 Å². The molecule has 24 heavy (non-hydrogen) atoms. The minimum Gasteiger partial charge on any atom is -0.465 e. The van der Waals surface area contributed by atoms with Crippen molar-refractivity contribution in [1.29, 1.82) is 0 Å². The zero-order valence-electron chi connectivity index (χ0n) is 14.8. The summed E-state index contributed by atoms with van der Waals surface area (Å²) in [7, 11) is 0. The monoisotopic (exact) mass is 338 g/mol. The summed E-state index contributed by atoms with van der Waals surface area (Å²) in [4.78, 5) is 46.6. The molecular weight excluding hydrogens is 312 g/mol. The normalized spacial score (nSPS) is 12.3. The quantitative estimate of drug-likeness (QED) is 0.344. The Balaban J connectivity index is 4.70. The highest BCUT2D eigenvalue weighted by Gasteiger charge is 2.25. The van der Waals surface area contributed by atoms with E-state index in [0.717, 1.165) is 0 Å². The molecule has 0 aromatic carbocycles. The van der Waals surface area contributed by atoms with Crippen molar-refractivity contribution in [3.8, 4) is 11.8 Å². The first-order valence-electron chi connectivity index (χ1n) is 8.14. The molecule has 6 heteroatoms. The summed E-state index contributed by atoms with van der Waals surface area (Å²) in [5.41, 5.74) is 0. The maximum absolute atomic E-state index is 11.8. The molecular formula is C18H26O6. The van der Waals surface area contributed by atoms with Crippen LogP contribution in [-0.4, -0.2) is 36.7 Å². The van der Waals surface area contributed by atoms with E-state index in [2.05, 4.69) is 11.8 Å². The molecule has 0 aliphatic heterocycles. The van der Waals surface area contributed by atoms with Gasteiger partial charge in [0.05, 0.1) is 13.2 Å². The van der Waals surface area contributed by atoms with Gasteiger partial charge >= 0.3 is 11.9 Å². The lowest BCUT2D eigenvalue weighted by molar-refractivity contribution is -0.153. The molecule has 0 bridgehead atoms. The van der Waals surface area contributed by atoms with Crippen LogP contribution in [0.15, 0.2) is 0 Å². The third kappa shape index (κ3) is 8.47.